The number of nitrogens with one attached hydrogen (secondary N) is 1. The van der Waals surface area contributed by atoms with Crippen molar-refractivity contribution in [3.63, 3.8) is 0 Å². The summed E-state index contributed by atoms with van der Waals surface area (Å²) >= 11 is 0. The molecule has 1 aliphatic heterocycles. The van der Waals surface area contributed by atoms with Gasteiger partial charge in [0.25, 0.3) is 0 Å². The number of fused-ring (bicyclic) bond motifs is 3. The van der Waals surface area contributed by atoms with Crippen molar-refractivity contribution in [2.45, 2.75) is 125 Å². The Hall–Kier alpha value is -2.55. The molecule has 3 saturated carbocycles. The van der Waals surface area contributed by atoms with Crippen molar-refractivity contribution in [3.05, 3.63) is 48.4 Å². The van der Waals surface area contributed by atoms with Crippen molar-refractivity contribution in [2.75, 3.05) is 26.9 Å². The van der Waals surface area contributed by atoms with E-state index in [0.717, 1.165) is 49.8 Å². The second-order valence-corrected chi connectivity index (χ2v) is 20.1. The number of rotatable bonds is 10. The minimum atomic E-state index is -0.610. The molecular weight excluding hydrogens is 661 g/mol. The van der Waals surface area contributed by atoms with E-state index in [1.807, 2.05) is 25.6 Å². The second-order valence-electron chi connectivity index (χ2n) is 20.1. The number of ether oxygens (including phenoxy) is 2. The van der Waals surface area contributed by atoms with Gasteiger partial charge in [-0.3, -0.25) is 14.5 Å². The lowest BCUT2D eigenvalue weighted by Crippen LogP contribution is -2.69. The molecule has 7 rings (SSSR count). The van der Waals surface area contributed by atoms with Crippen LogP contribution in [0.5, 0.6) is 0 Å². The number of aromatic nitrogens is 3. The third kappa shape index (κ3) is 5.49. The molecule has 5 aliphatic rings. The normalized spacial score (nSPS) is 41.2. The highest BCUT2D eigenvalue weighted by molar-refractivity contribution is 5.73. The average Bonchev–Trinajstić information content (AvgIpc) is 3.61. The molecule has 2 N–H and O–H groups in total. The highest BCUT2D eigenvalue weighted by atomic mass is 16.5. The zero-order chi connectivity index (χ0) is 38.4. The molecule has 4 aliphatic carbocycles. The van der Waals surface area contributed by atoms with Crippen LogP contribution in [0.4, 0.5) is 0 Å². The molecule has 53 heavy (non-hydrogen) atoms. The predicted molar refractivity (Wildman–Crippen MR) is 210 cm³/mol. The highest BCUT2D eigenvalue weighted by Gasteiger charge is 2.72. The van der Waals surface area contributed by atoms with Gasteiger partial charge in [0, 0.05) is 40.5 Å². The molecule has 8 nitrogen and oxygen atoms in total. The summed E-state index contributed by atoms with van der Waals surface area (Å²) in [5, 5.41) is 19.9. The summed E-state index contributed by atoms with van der Waals surface area (Å²) in [7, 11) is 2.05. The van der Waals surface area contributed by atoms with Crippen LogP contribution >= 0.6 is 0 Å². The molecule has 2 aromatic heterocycles. The number of hydrogen-bond acceptors (Lipinski definition) is 6. The van der Waals surface area contributed by atoms with Crippen LogP contribution in [0.15, 0.2) is 48.4 Å². The molecule has 0 aromatic carbocycles. The summed E-state index contributed by atoms with van der Waals surface area (Å²) in [6.45, 7) is 25.1. The van der Waals surface area contributed by atoms with Crippen molar-refractivity contribution in [1.82, 2.24) is 20.1 Å². The minimum Gasteiger partial charge on any atom is -0.481 e. The van der Waals surface area contributed by atoms with Gasteiger partial charge in [0.05, 0.1) is 43.6 Å². The van der Waals surface area contributed by atoms with Crippen LogP contribution in [0.1, 0.15) is 114 Å². The Kier molecular flexibility index (Phi) is 9.71. The lowest BCUT2D eigenvalue weighted by Gasteiger charge is -2.71. The van der Waals surface area contributed by atoms with E-state index in [1.165, 1.54) is 0 Å². The third-order valence-corrected chi connectivity index (χ3v) is 17.5. The van der Waals surface area contributed by atoms with Crippen molar-refractivity contribution in [2.24, 2.45) is 62.6 Å². The Morgan fingerprint density at radius 1 is 1.04 bits per heavy atom. The number of pyridine rings is 1. The van der Waals surface area contributed by atoms with Crippen molar-refractivity contribution in [3.8, 4) is 11.3 Å². The maximum Gasteiger partial charge on any atom is 0.307 e. The smallest absolute Gasteiger partial charge is 0.307 e. The van der Waals surface area contributed by atoms with Crippen LogP contribution in [-0.2, 0) is 14.3 Å². The summed E-state index contributed by atoms with van der Waals surface area (Å²) in [5.74, 6) is 0.820. The molecule has 292 valence electrons. The maximum atomic E-state index is 13.6. The first-order chi connectivity index (χ1) is 24.9. The van der Waals surface area contributed by atoms with Crippen LogP contribution in [0.2, 0.25) is 0 Å². The van der Waals surface area contributed by atoms with E-state index in [-0.39, 0.29) is 44.8 Å². The molecule has 2 bridgehead atoms. The lowest BCUT2D eigenvalue weighted by atomic mass is 9.34. The van der Waals surface area contributed by atoms with Crippen LogP contribution < -0.4 is 5.32 Å². The van der Waals surface area contributed by atoms with E-state index in [0.29, 0.717) is 49.4 Å². The van der Waals surface area contributed by atoms with Gasteiger partial charge in [-0.2, -0.15) is 5.10 Å². The minimum absolute atomic E-state index is 0.0133. The van der Waals surface area contributed by atoms with Crippen LogP contribution in [0, 0.1) is 62.6 Å². The van der Waals surface area contributed by atoms with Gasteiger partial charge in [0.15, 0.2) is 0 Å². The Morgan fingerprint density at radius 2 is 1.75 bits per heavy atom. The number of carbonyl (C=O) groups is 1. The standard InChI is InChI=1S/C45H68N4O4/c1-28(2)30(5)40(6)19-20-42(8)32-12-13-36-41(7)25-52-27-45(36,33(32)14-18-43(42,9)37(40)39(50)51)24-35(38(41)53-26-44(10,46-11)29(3)4)49-34(17-23-48-49)31-15-21-47-22-16-31/h14-17,21-23,28-30,32,35-38,46H,12-13,18-20,24-27H2,1-11H3,(H,50,51)/t30-,32+,35-,36+,37-,38+,40-,41?,42-,43+,44+,45+/m1/s1. The van der Waals surface area contributed by atoms with Crippen LogP contribution in [0.3, 0.4) is 0 Å². The Labute approximate surface area is 319 Å². The largest absolute Gasteiger partial charge is 0.481 e. The first-order valence-corrected chi connectivity index (χ1v) is 20.7. The van der Waals surface area contributed by atoms with Gasteiger partial charge in [-0.25, -0.2) is 0 Å². The monoisotopic (exact) mass is 729 g/mol. The van der Waals surface area contributed by atoms with Crippen molar-refractivity contribution in [1.29, 1.82) is 0 Å². The molecule has 0 spiro atoms. The zero-order valence-corrected chi connectivity index (χ0v) is 34.5. The topological polar surface area (TPSA) is 98.5 Å². The number of hydrogen-bond donors (Lipinski definition) is 2. The van der Waals surface area contributed by atoms with Gasteiger partial charge in [-0.1, -0.05) is 74.0 Å². The molecule has 0 radical (unpaired) electrons. The van der Waals surface area contributed by atoms with Crippen LogP contribution in [0.25, 0.3) is 11.3 Å². The lowest BCUT2D eigenvalue weighted by molar-refractivity contribution is -0.253. The van der Waals surface area contributed by atoms with Gasteiger partial charge in [0.1, 0.15) is 0 Å². The van der Waals surface area contributed by atoms with E-state index in [9.17, 15) is 9.90 Å². The Balaban J connectivity index is 1.35. The van der Waals surface area contributed by atoms with Gasteiger partial charge < -0.3 is 19.9 Å². The molecule has 1 saturated heterocycles. The van der Waals surface area contributed by atoms with Gasteiger partial charge in [-0.15, -0.1) is 0 Å². The van der Waals surface area contributed by atoms with Gasteiger partial charge in [0.2, 0.25) is 0 Å². The van der Waals surface area contributed by atoms with Crippen molar-refractivity contribution < 1.29 is 19.4 Å². The average molecular weight is 729 g/mol. The quantitative estimate of drug-likeness (QED) is 0.236. The van der Waals surface area contributed by atoms with E-state index in [4.69, 9.17) is 14.6 Å². The molecule has 8 heteroatoms. The van der Waals surface area contributed by atoms with E-state index >= 15 is 0 Å². The Bertz CT molecular complexity index is 1710. The van der Waals surface area contributed by atoms with Gasteiger partial charge in [-0.05, 0) is 117 Å². The highest BCUT2D eigenvalue weighted by Crippen LogP contribution is 2.75. The summed E-state index contributed by atoms with van der Waals surface area (Å²) in [4.78, 5) is 17.9. The molecule has 4 fully saturated rings. The Morgan fingerprint density at radius 3 is 2.40 bits per heavy atom. The summed E-state index contributed by atoms with van der Waals surface area (Å²) in [5.41, 5.74) is 2.38. The first-order valence-electron chi connectivity index (χ1n) is 20.7. The van der Waals surface area contributed by atoms with Crippen molar-refractivity contribution >= 4 is 5.97 Å². The molecule has 0 amide bonds. The van der Waals surface area contributed by atoms with Crippen LogP contribution in [-0.4, -0.2) is 64.4 Å². The molecule has 1 unspecified atom stereocenters. The van der Waals surface area contributed by atoms with E-state index in [1.54, 1.807) is 5.57 Å². The third-order valence-electron chi connectivity index (χ3n) is 17.5. The van der Waals surface area contributed by atoms with Gasteiger partial charge >= 0.3 is 5.97 Å². The molecular formula is C45H68N4O4. The number of allylic oxidation sites excluding steroid dienone is 1. The number of likely N-dealkylation sites (N-methyl/N-ethyl adjacent to an activating group) is 1. The SMILES string of the molecule is CN[C@@](C)(CO[C@H]1[C@H](n2nccc2-c2ccncc2)C[C@@]23COCC1(C)[C@@H]2CC[C@H]1C3=CC[C@@]2(C)[C@H](C(=O)O)[C@@](C)([C@H](C)C(C)C)CC[C@]12C)C(C)C. The molecule has 12 atom stereocenters. The predicted octanol–water partition coefficient (Wildman–Crippen LogP) is 9.09. The van der Waals surface area contributed by atoms with E-state index < -0.39 is 11.9 Å². The summed E-state index contributed by atoms with van der Waals surface area (Å²) in [6, 6.07) is 6.28. The number of aliphatic carboxylic acids is 1. The van der Waals surface area contributed by atoms with E-state index in [2.05, 4.69) is 108 Å². The summed E-state index contributed by atoms with van der Waals surface area (Å²) < 4.78 is 16.4. The number of nitrogens with zero attached hydrogens (tertiary/aromatic N) is 3. The number of carboxylic acids is 1. The number of carboxylic acid groups (broad SMARTS) is 1. The second kappa shape index (κ2) is 13.3. The summed E-state index contributed by atoms with van der Waals surface area (Å²) in [6.07, 6.45) is 14.0. The molecule has 2 aromatic rings. The fourth-order valence-corrected chi connectivity index (χ4v) is 13.2. The fourth-order valence-electron chi connectivity index (χ4n) is 13.2. The first kappa shape index (κ1) is 38.7. The maximum absolute atomic E-state index is 13.6. The molecule has 3 heterocycles. The fraction of sp³-hybridized carbons (Fsp3) is 0.756. The zero-order valence-electron chi connectivity index (χ0n) is 34.5.